The molecule has 0 bridgehead atoms. The highest BCUT2D eigenvalue weighted by Gasteiger charge is 2.26. The van der Waals surface area contributed by atoms with Gasteiger partial charge in [-0.2, -0.15) is 4.72 Å². The first-order valence-corrected chi connectivity index (χ1v) is 7.86. The Morgan fingerprint density at radius 3 is 2.50 bits per heavy atom. The summed E-state index contributed by atoms with van der Waals surface area (Å²) in [5.41, 5.74) is 0.527. The van der Waals surface area contributed by atoms with E-state index in [1.807, 2.05) is 0 Å². The van der Waals surface area contributed by atoms with Crippen LogP contribution >= 0.6 is 0 Å². The van der Waals surface area contributed by atoms with E-state index in [2.05, 4.69) is 9.46 Å². The Labute approximate surface area is 119 Å². The molecule has 0 aromatic heterocycles. The van der Waals surface area contributed by atoms with Gasteiger partial charge in [-0.1, -0.05) is 30.3 Å². The van der Waals surface area contributed by atoms with Crippen LogP contribution in [0.1, 0.15) is 18.5 Å². The number of hydrogen-bond acceptors (Lipinski definition) is 5. The van der Waals surface area contributed by atoms with Crippen LogP contribution in [0.4, 0.5) is 0 Å². The summed E-state index contributed by atoms with van der Waals surface area (Å²) in [5.74, 6) is -0.863. The van der Waals surface area contributed by atoms with E-state index in [9.17, 15) is 13.2 Å². The Kier molecular flexibility index (Phi) is 6.63. The molecule has 1 aromatic carbocycles. The van der Waals surface area contributed by atoms with Gasteiger partial charge in [0.2, 0.25) is 10.0 Å². The van der Waals surface area contributed by atoms with Crippen molar-refractivity contribution in [2.24, 2.45) is 0 Å². The zero-order valence-corrected chi connectivity index (χ0v) is 12.4. The van der Waals surface area contributed by atoms with Gasteiger partial charge in [0.05, 0.1) is 19.5 Å². The summed E-state index contributed by atoms with van der Waals surface area (Å²) in [6, 6.07) is 7.49. The van der Waals surface area contributed by atoms with E-state index in [1.54, 1.807) is 37.3 Å². The minimum absolute atomic E-state index is 0.0779. The van der Waals surface area contributed by atoms with E-state index in [1.165, 1.54) is 7.11 Å². The van der Waals surface area contributed by atoms with Gasteiger partial charge < -0.3 is 9.47 Å². The van der Waals surface area contributed by atoms with Crippen LogP contribution in [0.5, 0.6) is 0 Å². The number of carbonyl (C=O) groups is 1. The molecule has 6 nitrogen and oxygen atoms in total. The highest BCUT2D eigenvalue weighted by Crippen LogP contribution is 2.15. The largest absolute Gasteiger partial charge is 0.468 e. The molecule has 0 aliphatic heterocycles. The lowest BCUT2D eigenvalue weighted by Gasteiger charge is -2.17. The van der Waals surface area contributed by atoms with E-state index in [-0.39, 0.29) is 12.4 Å². The number of carbonyl (C=O) groups excluding carboxylic acids is 1. The fourth-order valence-electron chi connectivity index (χ4n) is 1.57. The quantitative estimate of drug-likeness (QED) is 0.569. The molecular weight excluding hydrogens is 282 g/mol. The summed E-state index contributed by atoms with van der Waals surface area (Å²) in [6.07, 6.45) is 0. The summed E-state index contributed by atoms with van der Waals surface area (Å²) in [4.78, 5) is 11.7. The average molecular weight is 301 g/mol. The molecule has 20 heavy (non-hydrogen) atoms. The molecule has 0 radical (unpaired) electrons. The predicted molar refractivity (Wildman–Crippen MR) is 74.6 cm³/mol. The molecule has 112 valence electrons. The summed E-state index contributed by atoms with van der Waals surface area (Å²) >= 11 is 0. The van der Waals surface area contributed by atoms with Crippen molar-refractivity contribution < 1.29 is 22.7 Å². The molecule has 0 fully saturated rings. The van der Waals surface area contributed by atoms with Crippen LogP contribution in [-0.4, -0.2) is 40.5 Å². The first-order valence-electron chi connectivity index (χ1n) is 6.20. The molecule has 1 aromatic rings. The summed E-state index contributed by atoms with van der Waals surface area (Å²) in [7, 11) is -2.42. The maximum Gasteiger partial charge on any atom is 0.328 e. The lowest BCUT2D eigenvalue weighted by atomic mass is 10.1. The fourth-order valence-corrected chi connectivity index (χ4v) is 2.61. The standard InChI is InChI=1S/C13H19NO5S/c1-3-19-9-10-20(16,17)14-12(13(15)18-2)11-7-5-4-6-8-11/h4-8,12,14H,3,9-10H2,1-2H3. The third-order valence-corrected chi connectivity index (χ3v) is 3.87. The number of sulfonamides is 1. The molecule has 0 saturated carbocycles. The van der Waals surface area contributed by atoms with Crippen molar-refractivity contribution in [3.8, 4) is 0 Å². The number of hydrogen-bond donors (Lipinski definition) is 1. The molecule has 0 spiro atoms. The van der Waals surface area contributed by atoms with Crippen LogP contribution < -0.4 is 4.72 Å². The normalized spacial score (nSPS) is 12.9. The van der Waals surface area contributed by atoms with E-state index in [4.69, 9.17) is 4.74 Å². The highest BCUT2D eigenvalue weighted by molar-refractivity contribution is 7.89. The van der Waals surface area contributed by atoms with Gasteiger partial charge in [0.15, 0.2) is 0 Å². The Hall–Kier alpha value is -1.44. The lowest BCUT2D eigenvalue weighted by molar-refractivity contribution is -0.142. The first-order chi connectivity index (χ1) is 9.50. The third kappa shape index (κ3) is 5.28. The number of esters is 1. The van der Waals surface area contributed by atoms with Crippen LogP contribution in [0.3, 0.4) is 0 Å². The Morgan fingerprint density at radius 2 is 1.95 bits per heavy atom. The van der Waals surface area contributed by atoms with E-state index in [0.717, 1.165) is 0 Å². The van der Waals surface area contributed by atoms with Gasteiger partial charge in [-0.05, 0) is 12.5 Å². The molecule has 7 heteroatoms. The van der Waals surface area contributed by atoms with Crippen molar-refractivity contribution in [3.63, 3.8) is 0 Å². The third-order valence-electron chi connectivity index (χ3n) is 2.57. The average Bonchev–Trinajstić information content (AvgIpc) is 2.45. The van der Waals surface area contributed by atoms with Gasteiger partial charge in [0.25, 0.3) is 0 Å². The van der Waals surface area contributed by atoms with Gasteiger partial charge in [-0.3, -0.25) is 0 Å². The van der Waals surface area contributed by atoms with Crippen LogP contribution in [-0.2, 0) is 24.3 Å². The second-order valence-corrected chi connectivity index (χ2v) is 5.87. The van der Waals surface area contributed by atoms with Crippen molar-refractivity contribution in [1.82, 2.24) is 4.72 Å². The zero-order chi connectivity index (χ0) is 15.0. The van der Waals surface area contributed by atoms with Gasteiger partial charge in [0, 0.05) is 6.61 Å². The van der Waals surface area contributed by atoms with Crippen LogP contribution in [0.2, 0.25) is 0 Å². The molecule has 0 aliphatic rings. The Balaban J connectivity index is 2.83. The molecule has 0 saturated heterocycles. The van der Waals surface area contributed by atoms with Crippen molar-refractivity contribution in [2.75, 3.05) is 26.1 Å². The molecule has 0 aliphatic carbocycles. The molecule has 1 N–H and O–H groups in total. The summed E-state index contributed by atoms with van der Waals surface area (Å²) < 4.78 is 35.8. The lowest BCUT2D eigenvalue weighted by Crippen LogP contribution is -2.36. The second-order valence-electron chi connectivity index (χ2n) is 4.00. The van der Waals surface area contributed by atoms with Crippen LogP contribution in [0, 0.1) is 0 Å². The van der Waals surface area contributed by atoms with E-state index < -0.39 is 22.0 Å². The predicted octanol–water partition coefficient (Wildman–Crippen LogP) is 0.857. The van der Waals surface area contributed by atoms with Gasteiger partial charge in [-0.25, -0.2) is 13.2 Å². The monoisotopic (exact) mass is 301 g/mol. The number of methoxy groups -OCH3 is 1. The van der Waals surface area contributed by atoms with Crippen molar-refractivity contribution >= 4 is 16.0 Å². The molecular formula is C13H19NO5S. The van der Waals surface area contributed by atoms with Crippen LogP contribution in [0.25, 0.3) is 0 Å². The van der Waals surface area contributed by atoms with E-state index in [0.29, 0.717) is 12.2 Å². The molecule has 1 unspecified atom stereocenters. The van der Waals surface area contributed by atoms with Crippen LogP contribution in [0.15, 0.2) is 30.3 Å². The van der Waals surface area contributed by atoms with Gasteiger partial charge in [-0.15, -0.1) is 0 Å². The summed E-state index contributed by atoms with van der Waals surface area (Å²) in [5, 5.41) is 0. The maximum atomic E-state index is 11.9. The zero-order valence-electron chi connectivity index (χ0n) is 11.5. The molecule has 0 amide bonds. The SMILES string of the molecule is CCOCCS(=O)(=O)NC(C(=O)OC)c1ccccc1. The first kappa shape index (κ1) is 16.6. The highest BCUT2D eigenvalue weighted by atomic mass is 32.2. The van der Waals surface area contributed by atoms with E-state index >= 15 is 0 Å². The maximum absolute atomic E-state index is 11.9. The second kappa shape index (κ2) is 7.98. The minimum atomic E-state index is -3.63. The van der Waals surface area contributed by atoms with Gasteiger partial charge in [0.1, 0.15) is 6.04 Å². The number of rotatable bonds is 8. The smallest absolute Gasteiger partial charge is 0.328 e. The molecule has 1 atom stereocenters. The minimum Gasteiger partial charge on any atom is -0.468 e. The Bertz CT molecular complexity index is 515. The van der Waals surface area contributed by atoms with Crippen molar-refractivity contribution in [2.45, 2.75) is 13.0 Å². The fraction of sp³-hybridized carbons (Fsp3) is 0.462. The Morgan fingerprint density at radius 1 is 1.30 bits per heavy atom. The number of ether oxygens (including phenoxy) is 2. The topological polar surface area (TPSA) is 81.7 Å². The molecule has 1 rings (SSSR count). The van der Waals surface area contributed by atoms with Crippen molar-refractivity contribution in [3.05, 3.63) is 35.9 Å². The summed E-state index contributed by atoms with van der Waals surface area (Å²) in [6.45, 7) is 2.30. The number of benzene rings is 1. The number of nitrogens with one attached hydrogen (secondary N) is 1. The van der Waals surface area contributed by atoms with Gasteiger partial charge >= 0.3 is 5.97 Å². The molecule has 0 heterocycles. The van der Waals surface area contributed by atoms with Crippen molar-refractivity contribution in [1.29, 1.82) is 0 Å².